The number of nitrogens with one attached hydrogen (secondary N) is 2. The third kappa shape index (κ3) is 3.06. The van der Waals surface area contributed by atoms with Crippen molar-refractivity contribution < 1.29 is 9.21 Å². The number of hydrazone groups is 1. The van der Waals surface area contributed by atoms with Gasteiger partial charge in [-0.1, -0.05) is 30.3 Å². The number of carbonyl (C=O) groups excluding carboxylic acids is 1. The third-order valence-electron chi connectivity index (χ3n) is 2.78. The third-order valence-corrected chi connectivity index (χ3v) is 2.78. The Balaban J connectivity index is 1.65. The van der Waals surface area contributed by atoms with E-state index in [-0.39, 0.29) is 5.69 Å². The van der Waals surface area contributed by atoms with Gasteiger partial charge in [0.25, 0.3) is 5.91 Å². The van der Waals surface area contributed by atoms with Crippen molar-refractivity contribution in [1.29, 1.82) is 0 Å². The van der Waals surface area contributed by atoms with E-state index in [4.69, 9.17) is 4.42 Å². The predicted molar refractivity (Wildman–Crippen MR) is 77.8 cm³/mol. The number of carbonyl (C=O) groups is 1. The topological polar surface area (TPSA) is 83.3 Å². The van der Waals surface area contributed by atoms with E-state index in [0.717, 1.165) is 5.56 Å². The standard InChI is InChI=1S/C15H12N4O2/c20-15(19-16-10-11-5-2-1-3-6-11)13-9-12(17-18-13)14-7-4-8-21-14/h1-10H,(H,17,18)(H,19,20)/b16-10+. The Labute approximate surface area is 120 Å². The zero-order valence-electron chi connectivity index (χ0n) is 11.0. The van der Waals surface area contributed by atoms with Crippen LogP contribution in [0.5, 0.6) is 0 Å². The van der Waals surface area contributed by atoms with Crippen molar-refractivity contribution in [2.45, 2.75) is 0 Å². The maximum atomic E-state index is 11.9. The summed E-state index contributed by atoms with van der Waals surface area (Å²) < 4.78 is 5.22. The minimum absolute atomic E-state index is 0.242. The van der Waals surface area contributed by atoms with Crippen molar-refractivity contribution in [2.75, 3.05) is 0 Å². The summed E-state index contributed by atoms with van der Waals surface area (Å²) in [5, 5.41) is 10.6. The van der Waals surface area contributed by atoms with Gasteiger partial charge in [-0.15, -0.1) is 0 Å². The number of rotatable bonds is 4. The van der Waals surface area contributed by atoms with Crippen LogP contribution < -0.4 is 5.43 Å². The molecule has 1 aromatic carbocycles. The van der Waals surface area contributed by atoms with Gasteiger partial charge in [-0.25, -0.2) is 5.43 Å². The Morgan fingerprint density at radius 2 is 2.10 bits per heavy atom. The number of aromatic nitrogens is 2. The molecule has 3 aromatic rings. The van der Waals surface area contributed by atoms with Gasteiger partial charge in [0.15, 0.2) is 11.5 Å². The number of H-pyrrole nitrogens is 1. The summed E-state index contributed by atoms with van der Waals surface area (Å²) in [6, 6.07) is 14.6. The Kier molecular flexibility index (Phi) is 3.60. The first-order valence-electron chi connectivity index (χ1n) is 6.31. The molecule has 0 saturated carbocycles. The monoisotopic (exact) mass is 280 g/mol. The molecule has 0 atom stereocenters. The highest BCUT2D eigenvalue weighted by molar-refractivity contribution is 5.93. The first-order valence-corrected chi connectivity index (χ1v) is 6.31. The number of benzene rings is 1. The molecule has 1 amide bonds. The molecular weight excluding hydrogens is 268 g/mol. The van der Waals surface area contributed by atoms with Crippen molar-refractivity contribution in [3.63, 3.8) is 0 Å². The highest BCUT2D eigenvalue weighted by Gasteiger charge is 2.11. The molecular formula is C15H12N4O2. The van der Waals surface area contributed by atoms with Crippen molar-refractivity contribution in [2.24, 2.45) is 5.10 Å². The minimum atomic E-state index is -0.392. The predicted octanol–water partition coefficient (Wildman–Crippen LogP) is 2.43. The van der Waals surface area contributed by atoms with E-state index in [2.05, 4.69) is 20.7 Å². The molecule has 0 saturated heterocycles. The van der Waals surface area contributed by atoms with Gasteiger partial charge in [-0.05, 0) is 17.7 Å². The van der Waals surface area contributed by atoms with E-state index < -0.39 is 5.91 Å². The summed E-state index contributed by atoms with van der Waals surface area (Å²) in [4.78, 5) is 11.9. The first-order chi connectivity index (χ1) is 10.3. The molecule has 104 valence electrons. The van der Waals surface area contributed by atoms with Crippen LogP contribution in [0.3, 0.4) is 0 Å². The lowest BCUT2D eigenvalue weighted by Gasteiger charge is -1.94. The molecule has 3 rings (SSSR count). The van der Waals surface area contributed by atoms with Gasteiger partial charge < -0.3 is 4.42 Å². The van der Waals surface area contributed by atoms with Crippen LogP contribution in [0.4, 0.5) is 0 Å². The molecule has 6 nitrogen and oxygen atoms in total. The summed E-state index contributed by atoms with van der Waals surface area (Å²) >= 11 is 0. The molecule has 0 aliphatic heterocycles. The Bertz CT molecular complexity index is 745. The fraction of sp³-hybridized carbons (Fsp3) is 0. The van der Waals surface area contributed by atoms with Gasteiger partial charge in [0, 0.05) is 6.07 Å². The molecule has 2 aromatic heterocycles. The van der Waals surface area contributed by atoms with Gasteiger partial charge in [0.2, 0.25) is 0 Å². The molecule has 0 unspecified atom stereocenters. The molecule has 0 bridgehead atoms. The Morgan fingerprint density at radius 3 is 2.86 bits per heavy atom. The van der Waals surface area contributed by atoms with Crippen LogP contribution in [0.15, 0.2) is 64.3 Å². The molecule has 6 heteroatoms. The number of hydrogen-bond donors (Lipinski definition) is 2. The molecule has 0 aliphatic rings. The second-order valence-electron chi connectivity index (χ2n) is 4.25. The molecule has 0 spiro atoms. The summed E-state index contributed by atoms with van der Waals surface area (Å²) in [6.45, 7) is 0. The van der Waals surface area contributed by atoms with Crippen molar-refractivity contribution >= 4 is 12.1 Å². The van der Waals surface area contributed by atoms with E-state index in [0.29, 0.717) is 11.5 Å². The summed E-state index contributed by atoms with van der Waals surface area (Å²) in [6.07, 6.45) is 3.12. The van der Waals surface area contributed by atoms with Crippen LogP contribution >= 0.6 is 0 Å². The van der Waals surface area contributed by atoms with Crippen LogP contribution in [0.2, 0.25) is 0 Å². The normalized spacial score (nSPS) is 10.9. The number of hydrogen-bond acceptors (Lipinski definition) is 4. The van der Waals surface area contributed by atoms with Crippen LogP contribution in [0.25, 0.3) is 11.5 Å². The van der Waals surface area contributed by atoms with E-state index in [1.54, 1.807) is 30.7 Å². The highest BCUT2D eigenvalue weighted by Crippen LogP contribution is 2.17. The summed E-state index contributed by atoms with van der Waals surface area (Å²) in [5.74, 6) is 0.227. The van der Waals surface area contributed by atoms with Crippen LogP contribution in [0.1, 0.15) is 16.1 Å². The fourth-order valence-electron chi connectivity index (χ4n) is 1.76. The lowest BCUT2D eigenvalue weighted by molar-refractivity contribution is 0.0950. The molecule has 0 fully saturated rings. The van der Waals surface area contributed by atoms with E-state index in [1.165, 1.54) is 0 Å². The largest absolute Gasteiger partial charge is 0.463 e. The molecule has 0 radical (unpaired) electrons. The quantitative estimate of drug-likeness (QED) is 0.568. The van der Waals surface area contributed by atoms with Crippen LogP contribution in [-0.2, 0) is 0 Å². The second-order valence-corrected chi connectivity index (χ2v) is 4.25. The van der Waals surface area contributed by atoms with Gasteiger partial charge in [-0.3, -0.25) is 9.89 Å². The van der Waals surface area contributed by atoms with Crippen LogP contribution in [0, 0.1) is 0 Å². The fourth-order valence-corrected chi connectivity index (χ4v) is 1.76. The van der Waals surface area contributed by atoms with E-state index >= 15 is 0 Å². The highest BCUT2D eigenvalue weighted by atomic mass is 16.3. The average Bonchev–Trinajstić information content (AvgIpc) is 3.19. The number of nitrogens with zero attached hydrogens (tertiary/aromatic N) is 2. The van der Waals surface area contributed by atoms with Crippen molar-refractivity contribution in [3.8, 4) is 11.5 Å². The lowest BCUT2D eigenvalue weighted by atomic mass is 10.2. The molecule has 21 heavy (non-hydrogen) atoms. The maximum Gasteiger partial charge on any atom is 0.291 e. The first kappa shape index (κ1) is 12.9. The zero-order chi connectivity index (χ0) is 14.5. The Morgan fingerprint density at radius 1 is 1.24 bits per heavy atom. The van der Waals surface area contributed by atoms with E-state index in [1.807, 2.05) is 30.3 Å². The zero-order valence-corrected chi connectivity index (χ0v) is 11.0. The Hall–Kier alpha value is -3.15. The smallest absolute Gasteiger partial charge is 0.291 e. The maximum absolute atomic E-state index is 11.9. The van der Waals surface area contributed by atoms with Crippen LogP contribution in [-0.4, -0.2) is 22.3 Å². The average molecular weight is 280 g/mol. The van der Waals surface area contributed by atoms with Crippen molar-refractivity contribution in [3.05, 3.63) is 66.1 Å². The summed E-state index contributed by atoms with van der Waals surface area (Å²) in [7, 11) is 0. The van der Waals surface area contributed by atoms with Gasteiger partial charge in [0.05, 0.1) is 12.5 Å². The summed E-state index contributed by atoms with van der Waals surface area (Å²) in [5.41, 5.74) is 4.20. The van der Waals surface area contributed by atoms with Crippen molar-refractivity contribution in [1.82, 2.24) is 15.6 Å². The molecule has 0 aliphatic carbocycles. The minimum Gasteiger partial charge on any atom is -0.463 e. The lowest BCUT2D eigenvalue weighted by Crippen LogP contribution is -2.17. The second kappa shape index (κ2) is 5.87. The number of furan rings is 1. The van der Waals surface area contributed by atoms with Gasteiger partial charge in [-0.2, -0.15) is 10.2 Å². The molecule has 2 heterocycles. The number of aromatic amines is 1. The number of amides is 1. The van der Waals surface area contributed by atoms with Gasteiger partial charge >= 0.3 is 0 Å². The SMILES string of the molecule is O=C(N/N=C/c1ccccc1)c1cc(-c2ccco2)[nH]n1. The molecule has 2 N–H and O–H groups in total. The van der Waals surface area contributed by atoms with Gasteiger partial charge in [0.1, 0.15) is 5.69 Å². The van der Waals surface area contributed by atoms with E-state index in [9.17, 15) is 4.79 Å².